The number of methoxy groups -OCH3 is 3. The molecule has 0 spiro atoms. The highest BCUT2D eigenvalue weighted by Gasteiger charge is 2.31. The molecule has 2 aromatic heterocycles. The van der Waals surface area contributed by atoms with E-state index in [1.165, 1.54) is 16.2 Å². The van der Waals surface area contributed by atoms with Gasteiger partial charge >= 0.3 is 0 Å². The fraction of sp³-hybridized carbons (Fsp3) is 0.320. The number of hydrogen-bond donors (Lipinski definition) is 1. The molecule has 10 heteroatoms. The number of amides is 2. The summed E-state index contributed by atoms with van der Waals surface area (Å²) in [6, 6.07) is 7.16. The molecular formula is C25H27N3O6S. The number of thiophene rings is 1. The minimum Gasteiger partial charge on any atom is -0.493 e. The second-order valence-electron chi connectivity index (χ2n) is 7.88. The van der Waals surface area contributed by atoms with Crippen LogP contribution in [-0.2, 0) is 16.1 Å². The lowest BCUT2D eigenvalue weighted by Crippen LogP contribution is -2.41. The summed E-state index contributed by atoms with van der Waals surface area (Å²) in [5, 5.41) is 3.49. The maximum atomic E-state index is 13.1. The van der Waals surface area contributed by atoms with Crippen LogP contribution in [-0.4, -0.2) is 51.9 Å². The molecule has 0 radical (unpaired) electrons. The predicted molar refractivity (Wildman–Crippen MR) is 133 cm³/mol. The van der Waals surface area contributed by atoms with Gasteiger partial charge in [-0.2, -0.15) is 0 Å². The van der Waals surface area contributed by atoms with E-state index in [4.69, 9.17) is 18.6 Å². The van der Waals surface area contributed by atoms with E-state index in [9.17, 15) is 9.59 Å². The van der Waals surface area contributed by atoms with E-state index >= 15 is 0 Å². The fourth-order valence-corrected chi connectivity index (χ4v) is 5.09. The van der Waals surface area contributed by atoms with Crippen molar-refractivity contribution in [3.05, 3.63) is 57.9 Å². The molecule has 1 aromatic carbocycles. The molecular weight excluding hydrogens is 470 g/mol. The van der Waals surface area contributed by atoms with E-state index in [0.29, 0.717) is 33.7 Å². The Morgan fingerprint density at radius 3 is 2.49 bits per heavy atom. The van der Waals surface area contributed by atoms with Crippen LogP contribution in [0.4, 0.5) is 5.00 Å². The first-order valence-corrected chi connectivity index (χ1v) is 11.7. The molecule has 3 heterocycles. The van der Waals surface area contributed by atoms with Gasteiger partial charge in [0, 0.05) is 16.0 Å². The van der Waals surface area contributed by atoms with Crippen LogP contribution in [0, 0.1) is 13.8 Å². The number of benzene rings is 1. The lowest BCUT2D eigenvalue weighted by molar-refractivity contribution is -0.123. The van der Waals surface area contributed by atoms with Crippen molar-refractivity contribution in [2.45, 2.75) is 20.4 Å². The number of anilines is 1. The van der Waals surface area contributed by atoms with Gasteiger partial charge in [0.05, 0.1) is 39.8 Å². The number of nitrogens with zero attached hydrogens (tertiary/aromatic N) is 2. The number of aliphatic imine (C=N–C) groups is 1. The molecule has 3 aromatic rings. The lowest BCUT2D eigenvalue weighted by Gasteiger charge is -2.20. The van der Waals surface area contributed by atoms with E-state index < -0.39 is 0 Å². The minimum atomic E-state index is -0.291. The first kappa shape index (κ1) is 24.3. The maximum Gasteiger partial charge on any atom is 0.249 e. The normalized spacial score (nSPS) is 13.1. The van der Waals surface area contributed by atoms with Crippen molar-refractivity contribution < 1.29 is 28.2 Å². The van der Waals surface area contributed by atoms with E-state index in [1.54, 1.807) is 39.7 Å². The fourth-order valence-electron chi connectivity index (χ4n) is 3.91. The van der Waals surface area contributed by atoms with Crippen LogP contribution in [0.1, 0.15) is 27.3 Å². The SMILES string of the molecule is COc1cc(C2=NCC(=O)N(CC(=O)NCc3ccco3)c3sc(C)c(C)c32)cc(OC)c1OC. The highest BCUT2D eigenvalue weighted by Crippen LogP contribution is 2.42. The largest absolute Gasteiger partial charge is 0.493 e. The highest BCUT2D eigenvalue weighted by atomic mass is 32.1. The molecule has 2 amide bonds. The quantitative estimate of drug-likeness (QED) is 0.511. The summed E-state index contributed by atoms with van der Waals surface area (Å²) in [5.74, 6) is 1.53. The number of ether oxygens (including phenoxy) is 3. The average Bonchev–Trinajstić information content (AvgIpc) is 3.45. The van der Waals surface area contributed by atoms with Crippen LogP contribution in [0.15, 0.2) is 39.9 Å². The molecule has 1 aliphatic rings. The summed E-state index contributed by atoms with van der Waals surface area (Å²) in [6.07, 6.45) is 1.55. The van der Waals surface area contributed by atoms with Gasteiger partial charge < -0.3 is 23.9 Å². The monoisotopic (exact) mass is 497 g/mol. The second-order valence-corrected chi connectivity index (χ2v) is 9.08. The number of fused-ring (bicyclic) bond motifs is 1. The molecule has 1 N–H and O–H groups in total. The molecule has 4 rings (SSSR count). The highest BCUT2D eigenvalue weighted by molar-refractivity contribution is 7.17. The molecule has 0 aliphatic carbocycles. The number of carbonyl (C=O) groups is 2. The van der Waals surface area contributed by atoms with Crippen molar-refractivity contribution in [1.82, 2.24) is 5.32 Å². The van der Waals surface area contributed by atoms with E-state index in [2.05, 4.69) is 10.3 Å². The Morgan fingerprint density at radius 1 is 1.17 bits per heavy atom. The Labute approximate surface area is 207 Å². The van der Waals surface area contributed by atoms with Gasteiger partial charge in [-0.1, -0.05) is 0 Å². The Balaban J connectivity index is 1.72. The molecule has 0 fully saturated rings. The lowest BCUT2D eigenvalue weighted by atomic mass is 9.99. The zero-order chi connectivity index (χ0) is 25.1. The van der Waals surface area contributed by atoms with Crippen molar-refractivity contribution in [1.29, 1.82) is 0 Å². The molecule has 1 aliphatic heterocycles. The molecule has 184 valence electrons. The number of carbonyl (C=O) groups excluding carboxylic acids is 2. The van der Waals surface area contributed by atoms with E-state index in [0.717, 1.165) is 21.6 Å². The number of aryl methyl sites for hydroxylation is 1. The molecule has 35 heavy (non-hydrogen) atoms. The first-order chi connectivity index (χ1) is 16.9. The number of furan rings is 1. The van der Waals surface area contributed by atoms with Crippen LogP contribution in [0.5, 0.6) is 17.2 Å². The van der Waals surface area contributed by atoms with E-state index in [-0.39, 0.29) is 31.4 Å². The van der Waals surface area contributed by atoms with Crippen LogP contribution in [0.3, 0.4) is 0 Å². The Hall–Kier alpha value is -3.79. The van der Waals surface area contributed by atoms with Gasteiger partial charge in [0.15, 0.2) is 11.5 Å². The number of hydrogen-bond acceptors (Lipinski definition) is 8. The molecule has 0 atom stereocenters. The van der Waals surface area contributed by atoms with Crippen molar-refractivity contribution in [3.63, 3.8) is 0 Å². The van der Waals surface area contributed by atoms with Gasteiger partial charge in [0.2, 0.25) is 17.6 Å². The molecule has 0 unspecified atom stereocenters. The Bertz CT molecular complexity index is 1250. The first-order valence-electron chi connectivity index (χ1n) is 10.9. The summed E-state index contributed by atoms with van der Waals surface area (Å²) >= 11 is 1.46. The van der Waals surface area contributed by atoms with Gasteiger partial charge in [-0.25, -0.2) is 0 Å². The summed E-state index contributed by atoms with van der Waals surface area (Å²) < 4.78 is 21.8. The zero-order valence-corrected chi connectivity index (χ0v) is 21.1. The second kappa shape index (κ2) is 10.2. The van der Waals surface area contributed by atoms with Gasteiger partial charge in [-0.3, -0.25) is 19.5 Å². The molecule has 0 saturated carbocycles. The third-order valence-corrected chi connectivity index (χ3v) is 7.03. The van der Waals surface area contributed by atoms with Gasteiger partial charge in [-0.15, -0.1) is 11.3 Å². The van der Waals surface area contributed by atoms with Crippen LogP contribution < -0.4 is 24.4 Å². The number of nitrogens with one attached hydrogen (secondary N) is 1. The summed E-state index contributed by atoms with van der Waals surface area (Å²) in [6.45, 7) is 4.00. The van der Waals surface area contributed by atoms with Gasteiger partial charge in [0.1, 0.15) is 23.9 Å². The summed E-state index contributed by atoms with van der Waals surface area (Å²) in [4.78, 5) is 33.1. The Kier molecular flexibility index (Phi) is 7.11. The zero-order valence-electron chi connectivity index (χ0n) is 20.3. The van der Waals surface area contributed by atoms with E-state index in [1.807, 2.05) is 26.0 Å². The molecule has 9 nitrogen and oxygen atoms in total. The summed E-state index contributed by atoms with van der Waals surface area (Å²) in [5.41, 5.74) is 3.16. The van der Waals surface area contributed by atoms with Crippen molar-refractivity contribution in [3.8, 4) is 17.2 Å². The minimum absolute atomic E-state index is 0.0999. The average molecular weight is 498 g/mol. The van der Waals surface area contributed by atoms with Crippen molar-refractivity contribution in [2.75, 3.05) is 39.3 Å². The summed E-state index contributed by atoms with van der Waals surface area (Å²) in [7, 11) is 4.64. The van der Waals surface area contributed by atoms with Crippen LogP contribution in [0.2, 0.25) is 0 Å². The van der Waals surface area contributed by atoms with Crippen molar-refractivity contribution >= 4 is 33.9 Å². The third-order valence-electron chi connectivity index (χ3n) is 5.80. The Morgan fingerprint density at radius 2 is 1.89 bits per heavy atom. The smallest absolute Gasteiger partial charge is 0.249 e. The number of rotatable bonds is 8. The molecule has 0 bridgehead atoms. The standard InChI is InChI=1S/C25H27N3O6S/c1-14-15(2)35-25-22(14)23(16-9-18(31-3)24(33-5)19(10-16)32-4)27-12-21(30)28(25)13-20(29)26-11-17-7-6-8-34-17/h6-10H,11-13H2,1-5H3,(H,26,29). The van der Waals surface area contributed by atoms with Crippen LogP contribution in [0.25, 0.3) is 0 Å². The van der Waals surface area contributed by atoms with Crippen molar-refractivity contribution in [2.24, 2.45) is 4.99 Å². The van der Waals surface area contributed by atoms with Gasteiger partial charge in [-0.05, 0) is 43.7 Å². The van der Waals surface area contributed by atoms with Crippen LogP contribution >= 0.6 is 11.3 Å². The maximum absolute atomic E-state index is 13.1. The predicted octanol–water partition coefficient (Wildman–Crippen LogP) is 3.48. The third kappa shape index (κ3) is 4.74. The molecule has 0 saturated heterocycles. The topological polar surface area (TPSA) is 103 Å². The van der Waals surface area contributed by atoms with Gasteiger partial charge in [0.25, 0.3) is 0 Å².